The van der Waals surface area contributed by atoms with Gasteiger partial charge in [-0.25, -0.2) is 0 Å². The molecule has 0 bridgehead atoms. The van der Waals surface area contributed by atoms with Crippen LogP contribution in [0, 0.1) is 0 Å². The summed E-state index contributed by atoms with van der Waals surface area (Å²) in [5.74, 6) is 0.132. The summed E-state index contributed by atoms with van der Waals surface area (Å²) in [6.45, 7) is 5.95. The number of nitrogens with zero attached hydrogens (tertiary/aromatic N) is 2. The van der Waals surface area contributed by atoms with Gasteiger partial charge in [-0.3, -0.25) is 9.69 Å². The van der Waals surface area contributed by atoms with Crippen molar-refractivity contribution in [2.45, 2.75) is 13.0 Å². The minimum Gasteiger partial charge on any atom is -0.300 e. The van der Waals surface area contributed by atoms with Crippen molar-refractivity contribution in [3.8, 4) is 0 Å². The minimum atomic E-state index is 0. The molecule has 26 heavy (non-hydrogen) atoms. The van der Waals surface area contributed by atoms with Crippen LogP contribution in [-0.4, -0.2) is 48.3 Å². The first-order chi connectivity index (χ1) is 11.7. The van der Waals surface area contributed by atoms with Crippen LogP contribution in [0.25, 0.3) is 0 Å². The number of piperazine rings is 1. The zero-order chi connectivity index (χ0) is 16.8. The summed E-state index contributed by atoms with van der Waals surface area (Å²) < 4.78 is 0. The molecule has 2 aromatic carbocycles. The number of carbonyl (C=O) groups is 1. The van der Waals surface area contributed by atoms with Crippen molar-refractivity contribution < 1.29 is 4.79 Å². The fraction of sp³-hybridized carbons (Fsp3) is 0.350. The van der Waals surface area contributed by atoms with Crippen molar-refractivity contribution in [3.63, 3.8) is 0 Å². The molecule has 3 nitrogen and oxygen atoms in total. The third kappa shape index (κ3) is 6.57. The van der Waals surface area contributed by atoms with E-state index in [1.165, 1.54) is 5.56 Å². The van der Waals surface area contributed by atoms with Gasteiger partial charge in [0.05, 0.1) is 5.02 Å². The topological polar surface area (TPSA) is 23.6 Å². The third-order valence-corrected chi connectivity index (χ3v) is 4.87. The summed E-state index contributed by atoms with van der Waals surface area (Å²) in [5, 5.41) is 0.551. The molecule has 0 saturated carbocycles. The summed E-state index contributed by atoms with van der Waals surface area (Å²) in [5.41, 5.74) is 2.00. The maximum atomic E-state index is 12.3. The molecule has 1 heterocycles. The lowest BCUT2D eigenvalue weighted by molar-refractivity contribution is 0.0923. The monoisotopic (exact) mass is 414 g/mol. The molecular formula is C20H25Cl3N2O. The van der Waals surface area contributed by atoms with E-state index in [0.717, 1.165) is 39.3 Å². The van der Waals surface area contributed by atoms with Crippen LogP contribution in [0.15, 0.2) is 54.6 Å². The van der Waals surface area contributed by atoms with E-state index in [-0.39, 0.29) is 30.6 Å². The van der Waals surface area contributed by atoms with E-state index in [1.807, 2.05) is 18.2 Å². The average Bonchev–Trinajstić information content (AvgIpc) is 2.62. The van der Waals surface area contributed by atoms with Gasteiger partial charge in [-0.15, -0.1) is 24.8 Å². The van der Waals surface area contributed by atoms with Gasteiger partial charge in [0.2, 0.25) is 0 Å². The fourth-order valence-corrected chi connectivity index (χ4v) is 3.34. The van der Waals surface area contributed by atoms with E-state index >= 15 is 0 Å². The second kappa shape index (κ2) is 11.6. The number of ketones is 1. The van der Waals surface area contributed by atoms with Gasteiger partial charge >= 0.3 is 0 Å². The number of benzene rings is 2. The molecule has 0 radical (unpaired) electrons. The lowest BCUT2D eigenvalue weighted by Gasteiger charge is -2.34. The number of rotatable bonds is 6. The van der Waals surface area contributed by atoms with E-state index in [9.17, 15) is 4.79 Å². The van der Waals surface area contributed by atoms with E-state index in [2.05, 4.69) is 40.1 Å². The Morgan fingerprint density at radius 3 is 2.08 bits per heavy atom. The Balaban J connectivity index is 0.00000169. The van der Waals surface area contributed by atoms with Gasteiger partial charge in [0.25, 0.3) is 0 Å². The Bertz CT molecular complexity index is 674. The van der Waals surface area contributed by atoms with Crippen LogP contribution in [0.3, 0.4) is 0 Å². The van der Waals surface area contributed by atoms with Crippen molar-refractivity contribution in [1.82, 2.24) is 9.80 Å². The predicted octanol–water partition coefficient (Wildman–Crippen LogP) is 4.57. The first kappa shape index (κ1) is 22.9. The molecular weight excluding hydrogens is 391 g/mol. The first-order valence-electron chi connectivity index (χ1n) is 8.49. The molecule has 1 aliphatic heterocycles. The molecule has 0 amide bonds. The molecule has 3 rings (SSSR count). The number of hydrogen-bond donors (Lipinski definition) is 0. The normalized spacial score (nSPS) is 15.0. The molecule has 0 N–H and O–H groups in total. The van der Waals surface area contributed by atoms with Crippen LogP contribution in [0.1, 0.15) is 22.3 Å². The molecule has 1 fully saturated rings. The maximum Gasteiger partial charge on any atom is 0.165 e. The Labute approximate surface area is 173 Å². The molecule has 1 aliphatic rings. The molecule has 142 valence electrons. The molecule has 0 aliphatic carbocycles. The summed E-state index contributed by atoms with van der Waals surface area (Å²) in [6.07, 6.45) is 0.530. The third-order valence-electron chi connectivity index (χ3n) is 4.54. The Morgan fingerprint density at radius 1 is 0.846 bits per heavy atom. The highest BCUT2D eigenvalue weighted by Crippen LogP contribution is 2.17. The summed E-state index contributed by atoms with van der Waals surface area (Å²) in [4.78, 5) is 17.1. The van der Waals surface area contributed by atoms with Gasteiger partial charge in [-0.05, 0) is 17.7 Å². The molecule has 6 heteroatoms. The molecule has 2 aromatic rings. The zero-order valence-electron chi connectivity index (χ0n) is 14.6. The van der Waals surface area contributed by atoms with Crippen molar-refractivity contribution in [3.05, 3.63) is 70.7 Å². The van der Waals surface area contributed by atoms with Gasteiger partial charge in [0.1, 0.15) is 0 Å². The van der Waals surface area contributed by atoms with Crippen molar-refractivity contribution in [2.75, 3.05) is 32.7 Å². The van der Waals surface area contributed by atoms with Crippen LogP contribution in [-0.2, 0) is 6.54 Å². The molecule has 0 spiro atoms. The number of Topliss-reactive ketones (excluding diaryl/α,β-unsaturated/α-hetero) is 1. The standard InChI is InChI=1S/C20H23ClN2O.2ClH/c21-19-9-5-4-8-18(19)20(24)10-11-22-12-14-23(15-13-22)16-17-6-2-1-3-7-17;;/h1-9H,10-16H2;2*1H. The van der Waals surface area contributed by atoms with Crippen LogP contribution in [0.4, 0.5) is 0 Å². The lowest BCUT2D eigenvalue weighted by Crippen LogP contribution is -2.46. The predicted molar refractivity (Wildman–Crippen MR) is 113 cm³/mol. The van der Waals surface area contributed by atoms with Gasteiger partial charge in [0, 0.05) is 51.3 Å². The maximum absolute atomic E-state index is 12.3. The van der Waals surface area contributed by atoms with E-state index in [0.29, 0.717) is 17.0 Å². The molecule has 0 aromatic heterocycles. The van der Waals surface area contributed by atoms with Gasteiger partial charge in [0.15, 0.2) is 5.78 Å². The molecule has 1 saturated heterocycles. The van der Waals surface area contributed by atoms with Gasteiger partial charge in [-0.1, -0.05) is 54.1 Å². The van der Waals surface area contributed by atoms with Gasteiger partial charge < -0.3 is 4.90 Å². The van der Waals surface area contributed by atoms with Crippen molar-refractivity contribution in [1.29, 1.82) is 0 Å². The largest absolute Gasteiger partial charge is 0.300 e. The van der Waals surface area contributed by atoms with Gasteiger partial charge in [-0.2, -0.15) is 0 Å². The lowest BCUT2D eigenvalue weighted by atomic mass is 10.1. The minimum absolute atomic E-state index is 0. The summed E-state index contributed by atoms with van der Waals surface area (Å²) in [7, 11) is 0. The summed E-state index contributed by atoms with van der Waals surface area (Å²) >= 11 is 6.10. The first-order valence-corrected chi connectivity index (χ1v) is 8.86. The van der Waals surface area contributed by atoms with Crippen LogP contribution in [0.2, 0.25) is 5.02 Å². The fourth-order valence-electron chi connectivity index (χ4n) is 3.09. The average molecular weight is 416 g/mol. The second-order valence-corrected chi connectivity index (χ2v) is 6.66. The van der Waals surface area contributed by atoms with Crippen LogP contribution in [0.5, 0.6) is 0 Å². The highest BCUT2D eigenvalue weighted by Gasteiger charge is 2.18. The smallest absolute Gasteiger partial charge is 0.165 e. The van der Waals surface area contributed by atoms with E-state index in [4.69, 9.17) is 11.6 Å². The SMILES string of the molecule is Cl.Cl.O=C(CCN1CCN(Cc2ccccc2)CC1)c1ccccc1Cl. The number of carbonyl (C=O) groups excluding carboxylic acids is 1. The highest BCUT2D eigenvalue weighted by molar-refractivity contribution is 6.33. The highest BCUT2D eigenvalue weighted by atomic mass is 35.5. The Kier molecular flexibility index (Phi) is 10.2. The Morgan fingerprint density at radius 2 is 1.42 bits per heavy atom. The van der Waals surface area contributed by atoms with Crippen molar-refractivity contribution in [2.24, 2.45) is 0 Å². The summed E-state index contributed by atoms with van der Waals surface area (Å²) in [6, 6.07) is 17.9. The van der Waals surface area contributed by atoms with E-state index in [1.54, 1.807) is 6.07 Å². The number of hydrogen-bond acceptors (Lipinski definition) is 3. The molecule has 0 atom stereocenters. The second-order valence-electron chi connectivity index (χ2n) is 6.26. The van der Waals surface area contributed by atoms with Crippen LogP contribution < -0.4 is 0 Å². The number of halogens is 3. The Hall–Kier alpha value is -1.10. The molecule has 0 unspecified atom stereocenters. The van der Waals surface area contributed by atoms with Crippen molar-refractivity contribution >= 4 is 42.2 Å². The van der Waals surface area contributed by atoms with E-state index < -0.39 is 0 Å². The quantitative estimate of drug-likeness (QED) is 0.645. The zero-order valence-corrected chi connectivity index (χ0v) is 17.0. The van der Waals surface area contributed by atoms with Crippen LogP contribution >= 0.6 is 36.4 Å².